The molecule has 0 aliphatic carbocycles. The fraction of sp³-hybridized carbons (Fsp3) is 0.222. The minimum absolute atomic E-state index is 0.331. The average Bonchev–Trinajstić information content (AvgIpc) is 2.65. The van der Waals surface area contributed by atoms with E-state index in [2.05, 4.69) is 15.8 Å². The van der Waals surface area contributed by atoms with Crippen molar-refractivity contribution in [1.82, 2.24) is 5.43 Å². The van der Waals surface area contributed by atoms with Gasteiger partial charge in [-0.1, -0.05) is 11.6 Å². The molecular weight excluding hydrogens is 374 g/mol. The topological polar surface area (TPSA) is 64.1 Å². The first-order chi connectivity index (χ1) is 12.5. The van der Waals surface area contributed by atoms with Crippen molar-refractivity contribution in [1.29, 1.82) is 0 Å². The van der Waals surface area contributed by atoms with Crippen molar-refractivity contribution in [3.8, 4) is 17.2 Å². The number of halogens is 1. The number of thiocarbonyl (C=S) groups is 1. The van der Waals surface area contributed by atoms with Gasteiger partial charge in [0.1, 0.15) is 5.75 Å². The Hall–Kier alpha value is -2.51. The maximum absolute atomic E-state index is 6.05. The van der Waals surface area contributed by atoms with Crippen LogP contribution in [0.5, 0.6) is 17.2 Å². The Labute approximate surface area is 163 Å². The second-order valence-corrected chi connectivity index (χ2v) is 6.02. The Morgan fingerprint density at radius 2 is 1.62 bits per heavy atom. The maximum atomic E-state index is 6.05. The highest BCUT2D eigenvalue weighted by Gasteiger charge is 2.08. The van der Waals surface area contributed by atoms with E-state index in [4.69, 9.17) is 38.0 Å². The number of hydrazone groups is 1. The predicted octanol–water partition coefficient (Wildman–Crippen LogP) is 4.08. The lowest BCUT2D eigenvalue weighted by molar-refractivity contribution is 0.355. The average molecular weight is 394 g/mol. The lowest BCUT2D eigenvalue weighted by Gasteiger charge is -2.12. The summed E-state index contributed by atoms with van der Waals surface area (Å²) in [5.41, 5.74) is 5.01. The Morgan fingerprint density at radius 3 is 2.27 bits per heavy atom. The van der Waals surface area contributed by atoms with Crippen LogP contribution in [0, 0.1) is 0 Å². The van der Waals surface area contributed by atoms with Gasteiger partial charge in [0.05, 0.1) is 27.0 Å². The summed E-state index contributed by atoms with van der Waals surface area (Å²) in [5, 5.41) is 8.25. The third-order valence-electron chi connectivity index (χ3n) is 3.52. The first-order valence-corrected chi connectivity index (χ1v) is 8.44. The van der Waals surface area contributed by atoms with Crippen molar-refractivity contribution >= 4 is 40.3 Å². The van der Waals surface area contributed by atoms with E-state index < -0.39 is 0 Å². The van der Waals surface area contributed by atoms with Crippen LogP contribution in [-0.2, 0) is 0 Å². The van der Waals surface area contributed by atoms with E-state index in [0.29, 0.717) is 33.1 Å². The largest absolute Gasteiger partial charge is 0.496 e. The van der Waals surface area contributed by atoms with Crippen LogP contribution < -0.4 is 25.0 Å². The number of methoxy groups -OCH3 is 3. The third kappa shape index (κ3) is 5.00. The second kappa shape index (κ2) is 9.26. The summed E-state index contributed by atoms with van der Waals surface area (Å²) in [6.07, 6.45) is 0. The molecular formula is C18H20ClN3O3S. The number of ether oxygens (including phenoxy) is 3. The summed E-state index contributed by atoms with van der Waals surface area (Å²) in [6, 6.07) is 10.7. The quantitative estimate of drug-likeness (QED) is 0.438. The van der Waals surface area contributed by atoms with Gasteiger partial charge in [-0.2, -0.15) is 5.10 Å². The molecule has 0 atom stereocenters. The molecule has 26 heavy (non-hydrogen) atoms. The Bertz CT molecular complexity index is 827. The van der Waals surface area contributed by atoms with Crippen molar-refractivity contribution in [2.75, 3.05) is 26.6 Å². The van der Waals surface area contributed by atoms with Gasteiger partial charge in [-0.15, -0.1) is 0 Å². The molecule has 0 unspecified atom stereocenters. The maximum Gasteiger partial charge on any atom is 0.191 e. The van der Waals surface area contributed by atoms with E-state index >= 15 is 0 Å². The smallest absolute Gasteiger partial charge is 0.191 e. The number of nitrogens with zero attached hydrogens (tertiary/aromatic N) is 1. The summed E-state index contributed by atoms with van der Waals surface area (Å²) in [5.74, 6) is 1.92. The monoisotopic (exact) mass is 393 g/mol. The van der Waals surface area contributed by atoms with E-state index in [1.807, 2.05) is 13.0 Å². The summed E-state index contributed by atoms with van der Waals surface area (Å²) < 4.78 is 15.8. The van der Waals surface area contributed by atoms with Gasteiger partial charge >= 0.3 is 0 Å². The molecule has 2 rings (SSSR count). The van der Waals surface area contributed by atoms with Crippen LogP contribution in [0.25, 0.3) is 0 Å². The van der Waals surface area contributed by atoms with Crippen LogP contribution in [0.1, 0.15) is 12.5 Å². The van der Waals surface area contributed by atoms with Crippen molar-refractivity contribution in [3.05, 3.63) is 47.0 Å². The summed E-state index contributed by atoms with van der Waals surface area (Å²) in [7, 11) is 4.75. The van der Waals surface area contributed by atoms with Crippen LogP contribution in [0.15, 0.2) is 41.5 Å². The lowest BCUT2D eigenvalue weighted by Crippen LogP contribution is -2.25. The Morgan fingerprint density at radius 1 is 0.962 bits per heavy atom. The molecule has 0 amide bonds. The van der Waals surface area contributed by atoms with Crippen LogP contribution >= 0.6 is 23.8 Å². The SMILES string of the molecule is COc1ccc(NC(=S)N/N=C(/C)c2cc(Cl)ccc2OC)cc1OC. The van der Waals surface area contributed by atoms with Crippen LogP contribution in [0.3, 0.4) is 0 Å². The fourth-order valence-corrected chi connectivity index (χ4v) is 2.57. The van der Waals surface area contributed by atoms with Gasteiger partial charge < -0.3 is 19.5 Å². The zero-order chi connectivity index (χ0) is 19.1. The molecule has 0 aromatic heterocycles. The highest BCUT2D eigenvalue weighted by atomic mass is 35.5. The highest BCUT2D eigenvalue weighted by Crippen LogP contribution is 2.29. The van der Waals surface area contributed by atoms with E-state index in [9.17, 15) is 0 Å². The number of benzene rings is 2. The van der Waals surface area contributed by atoms with Gasteiger partial charge in [-0.25, -0.2) is 0 Å². The molecule has 2 N–H and O–H groups in total. The third-order valence-corrected chi connectivity index (χ3v) is 3.95. The van der Waals surface area contributed by atoms with Gasteiger partial charge in [0.2, 0.25) is 0 Å². The van der Waals surface area contributed by atoms with E-state index in [-0.39, 0.29) is 0 Å². The lowest BCUT2D eigenvalue weighted by atomic mass is 10.1. The number of anilines is 1. The number of hydrogen-bond acceptors (Lipinski definition) is 5. The van der Waals surface area contributed by atoms with E-state index in [0.717, 1.165) is 11.3 Å². The Kier molecular flexibility index (Phi) is 7.06. The molecule has 2 aromatic carbocycles. The van der Waals surface area contributed by atoms with E-state index in [1.54, 1.807) is 51.7 Å². The molecule has 138 valence electrons. The van der Waals surface area contributed by atoms with Crippen molar-refractivity contribution in [3.63, 3.8) is 0 Å². The van der Waals surface area contributed by atoms with Crippen LogP contribution in [-0.4, -0.2) is 32.2 Å². The molecule has 0 heterocycles. The van der Waals surface area contributed by atoms with Crippen LogP contribution in [0.2, 0.25) is 5.02 Å². The molecule has 0 aliphatic rings. The highest BCUT2D eigenvalue weighted by molar-refractivity contribution is 7.80. The van der Waals surface area contributed by atoms with Gasteiger partial charge in [0.25, 0.3) is 0 Å². The summed E-state index contributed by atoms with van der Waals surface area (Å²) >= 11 is 11.3. The van der Waals surface area contributed by atoms with Gasteiger partial charge in [-0.3, -0.25) is 5.43 Å². The molecule has 0 radical (unpaired) electrons. The van der Waals surface area contributed by atoms with Crippen molar-refractivity contribution < 1.29 is 14.2 Å². The van der Waals surface area contributed by atoms with E-state index in [1.165, 1.54) is 0 Å². The minimum atomic E-state index is 0.331. The minimum Gasteiger partial charge on any atom is -0.496 e. The first-order valence-electron chi connectivity index (χ1n) is 7.65. The number of hydrogen-bond donors (Lipinski definition) is 2. The molecule has 0 bridgehead atoms. The number of nitrogens with one attached hydrogen (secondary N) is 2. The first kappa shape index (κ1) is 19.8. The molecule has 0 saturated heterocycles. The molecule has 0 spiro atoms. The summed E-state index contributed by atoms with van der Waals surface area (Å²) in [4.78, 5) is 0. The fourth-order valence-electron chi connectivity index (χ4n) is 2.23. The molecule has 0 fully saturated rings. The van der Waals surface area contributed by atoms with Gasteiger partial charge in [0.15, 0.2) is 16.6 Å². The molecule has 2 aromatic rings. The standard InChI is InChI=1S/C18H20ClN3O3S/c1-11(14-9-12(19)5-7-15(14)23-2)21-22-18(26)20-13-6-8-16(24-3)17(10-13)25-4/h5-10H,1-4H3,(H2,20,22,26)/b21-11-. The number of rotatable bonds is 6. The second-order valence-electron chi connectivity index (χ2n) is 5.18. The van der Waals surface area contributed by atoms with Crippen molar-refractivity contribution in [2.24, 2.45) is 5.10 Å². The molecule has 0 aliphatic heterocycles. The predicted molar refractivity (Wildman–Crippen MR) is 109 cm³/mol. The zero-order valence-electron chi connectivity index (χ0n) is 14.9. The van der Waals surface area contributed by atoms with Crippen molar-refractivity contribution in [2.45, 2.75) is 6.92 Å². The van der Waals surface area contributed by atoms with Gasteiger partial charge in [-0.05, 0) is 49.5 Å². The molecule has 6 nitrogen and oxygen atoms in total. The van der Waals surface area contributed by atoms with Gasteiger partial charge in [0, 0.05) is 22.3 Å². The zero-order valence-corrected chi connectivity index (χ0v) is 16.5. The molecule has 0 saturated carbocycles. The summed E-state index contributed by atoms with van der Waals surface area (Å²) in [6.45, 7) is 1.83. The van der Waals surface area contributed by atoms with Crippen LogP contribution in [0.4, 0.5) is 5.69 Å². The normalized spacial score (nSPS) is 10.9. The Balaban J connectivity index is 2.08. The molecule has 8 heteroatoms.